The first-order valence-electron chi connectivity index (χ1n) is 12.3. The fourth-order valence-corrected chi connectivity index (χ4v) is 5.69. The van der Waals surface area contributed by atoms with Crippen molar-refractivity contribution in [3.05, 3.63) is 81.0 Å². The third-order valence-corrected chi connectivity index (χ3v) is 7.84. The van der Waals surface area contributed by atoms with Crippen LogP contribution in [0, 0.1) is 0 Å². The van der Waals surface area contributed by atoms with Gasteiger partial charge in [0.05, 0.1) is 6.42 Å². The summed E-state index contributed by atoms with van der Waals surface area (Å²) in [6.45, 7) is 0.434. The minimum Gasteiger partial charge on any atom is -0.454 e. The van der Waals surface area contributed by atoms with Gasteiger partial charge in [0.25, 0.3) is 0 Å². The molecule has 3 aromatic rings. The third-order valence-electron chi connectivity index (χ3n) is 6.71. The Kier molecular flexibility index (Phi) is 7.78. The van der Waals surface area contributed by atoms with Gasteiger partial charge in [-0.25, -0.2) is 0 Å². The van der Waals surface area contributed by atoms with Gasteiger partial charge in [-0.15, -0.1) is 11.3 Å². The molecule has 2 amide bonds. The van der Waals surface area contributed by atoms with Crippen molar-refractivity contribution >= 4 is 34.8 Å². The van der Waals surface area contributed by atoms with E-state index in [0.29, 0.717) is 16.5 Å². The van der Waals surface area contributed by atoms with E-state index in [1.165, 1.54) is 17.8 Å². The molecule has 1 fully saturated rings. The third kappa shape index (κ3) is 5.85. The van der Waals surface area contributed by atoms with Gasteiger partial charge >= 0.3 is 0 Å². The Labute approximate surface area is 220 Å². The zero-order valence-corrected chi connectivity index (χ0v) is 21.5. The van der Waals surface area contributed by atoms with Crippen LogP contribution in [0.4, 0.5) is 0 Å². The second-order valence-corrected chi connectivity index (χ2v) is 10.7. The van der Waals surface area contributed by atoms with Crippen molar-refractivity contribution in [2.24, 2.45) is 0 Å². The molecule has 0 radical (unpaired) electrons. The molecule has 1 N–H and O–H groups in total. The van der Waals surface area contributed by atoms with Crippen LogP contribution < -0.4 is 14.8 Å². The van der Waals surface area contributed by atoms with E-state index in [9.17, 15) is 9.59 Å². The maximum Gasteiger partial charge on any atom is 0.247 e. The Bertz CT molecular complexity index is 1190. The van der Waals surface area contributed by atoms with E-state index in [2.05, 4.69) is 5.32 Å². The van der Waals surface area contributed by atoms with Gasteiger partial charge in [0, 0.05) is 22.5 Å². The Morgan fingerprint density at radius 3 is 2.56 bits per heavy atom. The number of benzene rings is 2. The van der Waals surface area contributed by atoms with Gasteiger partial charge in [-0.3, -0.25) is 9.59 Å². The fourth-order valence-electron chi connectivity index (χ4n) is 4.87. The van der Waals surface area contributed by atoms with Gasteiger partial charge in [-0.1, -0.05) is 55.1 Å². The van der Waals surface area contributed by atoms with Crippen molar-refractivity contribution in [2.75, 3.05) is 6.79 Å². The van der Waals surface area contributed by atoms with Crippen LogP contribution in [0.15, 0.2) is 60.0 Å². The number of nitrogens with one attached hydrogen (secondary N) is 1. The average Bonchev–Trinajstić information content (AvgIpc) is 3.57. The number of rotatable bonds is 8. The van der Waals surface area contributed by atoms with Crippen LogP contribution in [0.25, 0.3) is 0 Å². The molecule has 0 saturated heterocycles. The first kappa shape index (κ1) is 24.7. The van der Waals surface area contributed by atoms with Gasteiger partial charge in [-0.2, -0.15) is 0 Å². The predicted octanol–water partition coefficient (Wildman–Crippen LogP) is 5.89. The van der Waals surface area contributed by atoms with E-state index in [4.69, 9.17) is 21.1 Å². The van der Waals surface area contributed by atoms with Crippen molar-refractivity contribution in [2.45, 2.75) is 57.2 Å². The lowest BCUT2D eigenvalue weighted by Gasteiger charge is -2.33. The minimum atomic E-state index is -0.790. The topological polar surface area (TPSA) is 67.9 Å². The van der Waals surface area contributed by atoms with Crippen molar-refractivity contribution in [3.63, 3.8) is 0 Å². The lowest BCUT2D eigenvalue weighted by molar-refractivity contribution is -0.141. The first-order chi connectivity index (χ1) is 17.6. The van der Waals surface area contributed by atoms with Gasteiger partial charge in [0.15, 0.2) is 11.5 Å². The molecule has 1 aliphatic heterocycles. The summed E-state index contributed by atoms with van der Waals surface area (Å²) in [5.74, 6) is 1.05. The zero-order chi connectivity index (χ0) is 24.9. The Morgan fingerprint density at radius 1 is 1.03 bits per heavy atom. The van der Waals surface area contributed by atoms with Gasteiger partial charge in [-0.05, 0) is 59.7 Å². The fraction of sp³-hybridized carbons (Fsp3) is 0.357. The highest BCUT2D eigenvalue weighted by atomic mass is 35.5. The quantitative estimate of drug-likeness (QED) is 0.399. The molecule has 188 valence electrons. The lowest BCUT2D eigenvalue weighted by Crippen LogP contribution is -2.47. The molecule has 0 bridgehead atoms. The molecule has 2 aliphatic rings. The highest BCUT2D eigenvalue weighted by Crippen LogP contribution is 2.34. The molecular formula is C28H29ClN2O4S. The summed E-state index contributed by atoms with van der Waals surface area (Å²) < 4.78 is 11.0. The molecule has 0 spiro atoms. The maximum atomic E-state index is 13.8. The molecule has 36 heavy (non-hydrogen) atoms. The molecule has 1 aliphatic carbocycles. The van der Waals surface area contributed by atoms with E-state index in [1.807, 2.05) is 47.8 Å². The molecule has 2 heterocycles. The van der Waals surface area contributed by atoms with E-state index >= 15 is 0 Å². The van der Waals surface area contributed by atoms with Gasteiger partial charge < -0.3 is 19.7 Å². The number of halogens is 1. The van der Waals surface area contributed by atoms with Crippen molar-refractivity contribution in [3.8, 4) is 11.5 Å². The van der Waals surface area contributed by atoms with Gasteiger partial charge in [0.1, 0.15) is 6.04 Å². The van der Waals surface area contributed by atoms with Crippen molar-refractivity contribution in [1.29, 1.82) is 0 Å². The molecule has 1 saturated carbocycles. The zero-order valence-electron chi connectivity index (χ0n) is 20.0. The summed E-state index contributed by atoms with van der Waals surface area (Å²) in [5, 5.41) is 5.78. The monoisotopic (exact) mass is 524 g/mol. The normalized spacial score (nSPS) is 15.9. The number of carbonyl (C=O) groups is 2. The summed E-state index contributed by atoms with van der Waals surface area (Å²) in [6, 6.07) is 16.0. The van der Waals surface area contributed by atoms with Crippen molar-refractivity contribution < 1.29 is 19.1 Å². The number of nitrogens with zero attached hydrogens (tertiary/aromatic N) is 1. The number of hydrogen-bond acceptors (Lipinski definition) is 5. The van der Waals surface area contributed by atoms with Crippen LogP contribution in [0.5, 0.6) is 11.5 Å². The highest BCUT2D eigenvalue weighted by Gasteiger charge is 2.33. The molecular weight excluding hydrogens is 496 g/mol. The summed E-state index contributed by atoms with van der Waals surface area (Å²) in [4.78, 5) is 30.3. The molecule has 2 aromatic carbocycles. The number of hydrogen-bond donors (Lipinski definition) is 1. The SMILES string of the molecule is O=C(NC1CCCCC1)[C@@H](c1ccc(Cl)cc1)N(Cc1ccc2c(c1)OCO2)C(=O)Cc1cccs1. The molecule has 0 unspecified atom stereocenters. The Morgan fingerprint density at radius 2 is 1.81 bits per heavy atom. The Balaban J connectivity index is 1.49. The van der Waals surface area contributed by atoms with Gasteiger partial charge in [0.2, 0.25) is 18.6 Å². The summed E-state index contributed by atoms with van der Waals surface area (Å²) in [6.07, 6.45) is 5.56. The highest BCUT2D eigenvalue weighted by molar-refractivity contribution is 7.10. The van der Waals surface area contributed by atoms with E-state index in [1.54, 1.807) is 17.0 Å². The van der Waals surface area contributed by atoms with E-state index in [-0.39, 0.29) is 37.6 Å². The molecule has 8 heteroatoms. The summed E-state index contributed by atoms with van der Waals surface area (Å²) >= 11 is 7.70. The number of thiophene rings is 1. The minimum absolute atomic E-state index is 0.117. The summed E-state index contributed by atoms with van der Waals surface area (Å²) in [7, 11) is 0. The second-order valence-electron chi connectivity index (χ2n) is 9.26. The Hall–Kier alpha value is -3.03. The average molecular weight is 525 g/mol. The number of amides is 2. The molecule has 1 atom stereocenters. The standard InChI is InChI=1S/C28H29ClN2O4S/c29-21-11-9-20(10-12-21)27(28(33)30-22-5-2-1-3-6-22)31(26(32)16-23-7-4-14-36-23)17-19-8-13-24-25(15-19)35-18-34-24/h4,7-15,22,27H,1-3,5-6,16-18H2,(H,30,33)/t27-/m1/s1. The molecule has 5 rings (SSSR count). The van der Waals surface area contributed by atoms with Crippen LogP contribution >= 0.6 is 22.9 Å². The maximum absolute atomic E-state index is 13.8. The van der Waals surface area contributed by atoms with Crippen LogP contribution in [0.3, 0.4) is 0 Å². The molecule has 6 nitrogen and oxygen atoms in total. The van der Waals surface area contributed by atoms with Crippen LogP contribution in [-0.2, 0) is 22.6 Å². The van der Waals surface area contributed by atoms with Crippen LogP contribution in [0.1, 0.15) is 54.1 Å². The predicted molar refractivity (Wildman–Crippen MR) is 140 cm³/mol. The lowest BCUT2D eigenvalue weighted by atomic mass is 9.94. The van der Waals surface area contributed by atoms with E-state index < -0.39 is 6.04 Å². The largest absolute Gasteiger partial charge is 0.454 e. The first-order valence-corrected chi connectivity index (χ1v) is 13.6. The van der Waals surface area contributed by atoms with Crippen LogP contribution in [-0.4, -0.2) is 29.5 Å². The smallest absolute Gasteiger partial charge is 0.247 e. The van der Waals surface area contributed by atoms with E-state index in [0.717, 1.165) is 41.7 Å². The molecule has 1 aromatic heterocycles. The second kappa shape index (κ2) is 11.4. The number of fused-ring (bicyclic) bond motifs is 1. The summed E-state index contributed by atoms with van der Waals surface area (Å²) in [5.41, 5.74) is 1.59. The number of ether oxygens (including phenoxy) is 2. The van der Waals surface area contributed by atoms with Crippen molar-refractivity contribution in [1.82, 2.24) is 10.2 Å². The van der Waals surface area contributed by atoms with Crippen LogP contribution in [0.2, 0.25) is 5.02 Å². The number of carbonyl (C=O) groups excluding carboxylic acids is 2.